The molecule has 3 aromatic rings. The second-order valence-electron chi connectivity index (χ2n) is 5.44. The Morgan fingerprint density at radius 1 is 1.08 bits per heavy atom. The molecule has 0 heterocycles. The lowest BCUT2D eigenvalue weighted by molar-refractivity contribution is -0.384. The highest BCUT2D eigenvalue weighted by Crippen LogP contribution is 2.20. The second kappa shape index (κ2) is 7.89. The summed E-state index contributed by atoms with van der Waals surface area (Å²) in [6.07, 6.45) is 1.40. The van der Waals surface area contributed by atoms with Gasteiger partial charge in [-0.25, -0.2) is 5.43 Å². The number of hydrogen-bond acceptors (Lipinski definition) is 5. The highest BCUT2D eigenvalue weighted by atomic mass is 16.6. The van der Waals surface area contributed by atoms with Gasteiger partial charge in [-0.05, 0) is 40.6 Å². The molecule has 0 aliphatic rings. The quantitative estimate of drug-likeness (QED) is 0.420. The number of nitro groups is 1. The van der Waals surface area contributed by atoms with E-state index < -0.39 is 10.8 Å². The number of nitrogens with one attached hydrogen (secondary N) is 1. The first-order valence-corrected chi connectivity index (χ1v) is 7.80. The van der Waals surface area contributed by atoms with Crippen LogP contribution in [-0.2, 0) is 4.79 Å². The zero-order valence-electron chi connectivity index (χ0n) is 13.7. The first-order valence-electron chi connectivity index (χ1n) is 7.80. The number of fused-ring (bicyclic) bond motifs is 1. The van der Waals surface area contributed by atoms with E-state index >= 15 is 0 Å². The van der Waals surface area contributed by atoms with Crippen molar-refractivity contribution < 1.29 is 14.5 Å². The lowest BCUT2D eigenvalue weighted by Gasteiger charge is -2.06. The zero-order valence-corrected chi connectivity index (χ0v) is 13.7. The summed E-state index contributed by atoms with van der Waals surface area (Å²) in [4.78, 5) is 21.9. The van der Waals surface area contributed by atoms with Crippen LogP contribution in [0.3, 0.4) is 0 Å². The Hall–Kier alpha value is -3.74. The molecule has 3 aromatic carbocycles. The molecular weight excluding hydrogens is 334 g/mol. The third-order valence-corrected chi connectivity index (χ3v) is 3.60. The second-order valence-corrected chi connectivity index (χ2v) is 5.44. The van der Waals surface area contributed by atoms with E-state index in [-0.39, 0.29) is 12.3 Å². The van der Waals surface area contributed by atoms with Gasteiger partial charge in [0, 0.05) is 12.1 Å². The van der Waals surface area contributed by atoms with Crippen LogP contribution in [0.4, 0.5) is 5.69 Å². The Bertz CT molecular complexity index is 968. The molecule has 0 fully saturated rings. The number of rotatable bonds is 6. The maximum absolute atomic E-state index is 11.8. The molecule has 0 saturated carbocycles. The molecule has 130 valence electrons. The van der Waals surface area contributed by atoms with E-state index in [0.29, 0.717) is 11.3 Å². The van der Waals surface area contributed by atoms with Crippen LogP contribution in [0.15, 0.2) is 71.8 Å². The summed E-state index contributed by atoms with van der Waals surface area (Å²) in [5.74, 6) is 0.189. The van der Waals surface area contributed by atoms with E-state index in [1.807, 2.05) is 36.4 Å². The van der Waals surface area contributed by atoms with Crippen molar-refractivity contribution in [2.45, 2.75) is 0 Å². The van der Waals surface area contributed by atoms with E-state index in [1.165, 1.54) is 18.3 Å². The molecule has 0 bridgehead atoms. The minimum Gasteiger partial charge on any atom is -0.484 e. The molecule has 0 aromatic heterocycles. The normalized spacial score (nSPS) is 10.8. The van der Waals surface area contributed by atoms with Crippen molar-refractivity contribution in [3.05, 3.63) is 82.4 Å². The maximum atomic E-state index is 11.8. The third kappa shape index (κ3) is 4.41. The minimum atomic E-state index is -0.479. The van der Waals surface area contributed by atoms with E-state index in [9.17, 15) is 14.9 Å². The fourth-order valence-corrected chi connectivity index (χ4v) is 2.30. The Morgan fingerprint density at radius 2 is 1.81 bits per heavy atom. The minimum absolute atomic E-state index is 0.00466. The van der Waals surface area contributed by atoms with Gasteiger partial charge in [0.2, 0.25) is 0 Å². The number of amides is 1. The van der Waals surface area contributed by atoms with Crippen molar-refractivity contribution in [1.82, 2.24) is 5.43 Å². The van der Waals surface area contributed by atoms with E-state index in [4.69, 9.17) is 4.74 Å². The molecule has 0 radical (unpaired) electrons. The number of ether oxygens (including phenoxy) is 1. The van der Waals surface area contributed by atoms with Gasteiger partial charge in [0.25, 0.3) is 11.6 Å². The van der Waals surface area contributed by atoms with Crippen molar-refractivity contribution in [3.63, 3.8) is 0 Å². The molecule has 7 heteroatoms. The average Bonchev–Trinajstić information content (AvgIpc) is 2.66. The summed E-state index contributed by atoms with van der Waals surface area (Å²) in [6.45, 7) is -0.171. The molecule has 0 saturated heterocycles. The largest absolute Gasteiger partial charge is 0.484 e. The highest BCUT2D eigenvalue weighted by Gasteiger charge is 2.04. The molecular formula is C19H15N3O4. The molecule has 26 heavy (non-hydrogen) atoms. The van der Waals surface area contributed by atoms with Crippen molar-refractivity contribution >= 4 is 28.6 Å². The Morgan fingerprint density at radius 3 is 2.54 bits per heavy atom. The standard InChI is InChI=1S/C19H15N3O4/c23-19(21-20-12-14-5-8-17(9-6-14)22(24)25)13-26-18-10-7-15-3-1-2-4-16(15)11-18/h1-12H,13H2,(H,21,23)/b20-12+. The number of non-ortho nitro benzene ring substituents is 1. The molecule has 0 atom stereocenters. The first-order chi connectivity index (χ1) is 12.6. The van der Waals surface area contributed by atoms with Gasteiger partial charge in [0.05, 0.1) is 11.1 Å². The number of nitro benzene ring substituents is 1. The highest BCUT2D eigenvalue weighted by molar-refractivity contribution is 5.84. The van der Waals surface area contributed by atoms with Crippen LogP contribution in [0, 0.1) is 10.1 Å². The van der Waals surface area contributed by atoms with E-state index in [1.54, 1.807) is 18.2 Å². The van der Waals surface area contributed by atoms with Crippen LogP contribution in [0.25, 0.3) is 10.8 Å². The predicted molar refractivity (Wildman–Crippen MR) is 98.3 cm³/mol. The van der Waals surface area contributed by atoms with Crippen LogP contribution < -0.4 is 10.2 Å². The number of hydrogen-bond donors (Lipinski definition) is 1. The SMILES string of the molecule is O=C(COc1ccc2ccccc2c1)N/N=C/c1ccc([N+](=O)[O-])cc1. The average molecular weight is 349 g/mol. The Labute approximate surface area is 149 Å². The summed E-state index contributed by atoms with van der Waals surface area (Å²) in [5.41, 5.74) is 2.97. The molecule has 7 nitrogen and oxygen atoms in total. The Kier molecular flexibility index (Phi) is 5.19. The van der Waals surface area contributed by atoms with E-state index in [0.717, 1.165) is 10.8 Å². The topological polar surface area (TPSA) is 93.8 Å². The fourth-order valence-electron chi connectivity index (χ4n) is 2.30. The zero-order chi connectivity index (χ0) is 18.4. The number of carbonyl (C=O) groups excluding carboxylic acids is 1. The summed E-state index contributed by atoms with van der Waals surface area (Å²) in [6, 6.07) is 19.3. The molecule has 0 spiro atoms. The van der Waals surface area contributed by atoms with Crippen molar-refractivity contribution in [2.75, 3.05) is 6.61 Å². The molecule has 0 unspecified atom stereocenters. The van der Waals surface area contributed by atoms with Crippen LogP contribution in [0.1, 0.15) is 5.56 Å². The van der Waals surface area contributed by atoms with Crippen molar-refractivity contribution in [1.29, 1.82) is 0 Å². The van der Waals surface area contributed by atoms with Crippen LogP contribution in [-0.4, -0.2) is 23.7 Å². The van der Waals surface area contributed by atoms with Gasteiger partial charge in [-0.15, -0.1) is 0 Å². The number of carbonyl (C=O) groups is 1. The molecule has 3 rings (SSSR count). The van der Waals surface area contributed by atoms with Gasteiger partial charge in [0.15, 0.2) is 6.61 Å². The Balaban J connectivity index is 1.51. The predicted octanol–water partition coefficient (Wildman–Crippen LogP) is 3.28. The van der Waals surface area contributed by atoms with Gasteiger partial charge in [-0.3, -0.25) is 14.9 Å². The smallest absolute Gasteiger partial charge is 0.277 e. The van der Waals surface area contributed by atoms with Crippen molar-refractivity contribution in [3.8, 4) is 5.75 Å². The van der Waals surface area contributed by atoms with Gasteiger partial charge in [-0.2, -0.15) is 5.10 Å². The van der Waals surface area contributed by atoms with Crippen LogP contribution in [0.2, 0.25) is 0 Å². The lowest BCUT2D eigenvalue weighted by atomic mass is 10.1. The fraction of sp³-hybridized carbons (Fsp3) is 0.0526. The summed E-state index contributed by atoms with van der Waals surface area (Å²) in [5, 5.41) is 16.5. The van der Waals surface area contributed by atoms with Crippen LogP contribution in [0.5, 0.6) is 5.75 Å². The maximum Gasteiger partial charge on any atom is 0.277 e. The van der Waals surface area contributed by atoms with Crippen LogP contribution >= 0.6 is 0 Å². The van der Waals surface area contributed by atoms with Gasteiger partial charge in [0.1, 0.15) is 5.75 Å². The number of benzene rings is 3. The molecule has 1 amide bonds. The number of hydrazone groups is 1. The van der Waals surface area contributed by atoms with E-state index in [2.05, 4.69) is 10.5 Å². The number of nitrogens with zero attached hydrogens (tertiary/aromatic N) is 2. The summed E-state index contributed by atoms with van der Waals surface area (Å²) < 4.78 is 5.46. The van der Waals surface area contributed by atoms with Gasteiger partial charge >= 0.3 is 0 Å². The summed E-state index contributed by atoms with van der Waals surface area (Å²) in [7, 11) is 0. The molecule has 1 N–H and O–H groups in total. The monoisotopic (exact) mass is 349 g/mol. The summed E-state index contributed by atoms with van der Waals surface area (Å²) >= 11 is 0. The van der Waals surface area contributed by atoms with Gasteiger partial charge < -0.3 is 4.74 Å². The van der Waals surface area contributed by atoms with Gasteiger partial charge in [-0.1, -0.05) is 30.3 Å². The van der Waals surface area contributed by atoms with Crippen molar-refractivity contribution in [2.24, 2.45) is 5.10 Å². The third-order valence-electron chi connectivity index (χ3n) is 3.60. The lowest BCUT2D eigenvalue weighted by Crippen LogP contribution is -2.24. The molecule has 0 aliphatic carbocycles. The molecule has 0 aliphatic heterocycles. The first kappa shape index (κ1) is 17.1.